The van der Waals surface area contributed by atoms with Crippen molar-refractivity contribution in [1.29, 1.82) is 0 Å². The number of hydrogen-bond donors (Lipinski definition) is 1. The van der Waals surface area contributed by atoms with Crippen molar-refractivity contribution < 1.29 is 0 Å². The van der Waals surface area contributed by atoms with Gasteiger partial charge in [0.15, 0.2) is 0 Å². The van der Waals surface area contributed by atoms with Crippen molar-refractivity contribution in [3.05, 3.63) is 47.8 Å². The molecule has 5 heteroatoms. The molecular weight excluding hydrogens is 286 g/mol. The van der Waals surface area contributed by atoms with Crippen molar-refractivity contribution in [2.45, 2.75) is 32.2 Å². The average molecular weight is 309 g/mol. The Kier molecular flexibility index (Phi) is 3.65. The number of nitrogens with zero attached hydrogens (tertiary/aromatic N) is 4. The first-order valence-electron chi connectivity index (χ1n) is 8.35. The number of aromatic amines is 1. The summed E-state index contributed by atoms with van der Waals surface area (Å²) in [6.45, 7) is 5.14. The summed E-state index contributed by atoms with van der Waals surface area (Å²) in [5.74, 6) is 2.77. The molecule has 1 saturated heterocycles. The van der Waals surface area contributed by atoms with Gasteiger partial charge in [-0.2, -0.15) is 0 Å². The van der Waals surface area contributed by atoms with E-state index in [0.717, 1.165) is 36.7 Å². The minimum atomic E-state index is 0.497. The number of rotatable bonds is 3. The van der Waals surface area contributed by atoms with Gasteiger partial charge < -0.3 is 9.55 Å². The van der Waals surface area contributed by atoms with Gasteiger partial charge in [0, 0.05) is 31.4 Å². The highest BCUT2D eigenvalue weighted by Crippen LogP contribution is 2.29. The smallest absolute Gasteiger partial charge is 0.120 e. The van der Waals surface area contributed by atoms with Gasteiger partial charge in [0.2, 0.25) is 0 Å². The van der Waals surface area contributed by atoms with Gasteiger partial charge in [-0.25, -0.2) is 9.97 Å². The van der Waals surface area contributed by atoms with Gasteiger partial charge in [0.25, 0.3) is 0 Å². The third-order valence-corrected chi connectivity index (χ3v) is 4.82. The number of likely N-dealkylation sites (tertiary alicyclic amines) is 1. The van der Waals surface area contributed by atoms with Gasteiger partial charge in [-0.3, -0.25) is 4.90 Å². The summed E-state index contributed by atoms with van der Waals surface area (Å²) in [4.78, 5) is 15.2. The average Bonchev–Trinajstić information content (AvgIpc) is 3.12. The fraction of sp³-hybridized carbons (Fsp3) is 0.444. The van der Waals surface area contributed by atoms with Crippen LogP contribution in [-0.2, 0) is 13.6 Å². The Hall–Kier alpha value is -2.14. The molecule has 5 nitrogen and oxygen atoms in total. The Labute approximate surface area is 136 Å². The van der Waals surface area contributed by atoms with E-state index in [0.29, 0.717) is 5.92 Å². The maximum Gasteiger partial charge on any atom is 0.120 e. The monoisotopic (exact) mass is 309 g/mol. The number of H-pyrrole nitrogens is 1. The molecule has 0 radical (unpaired) electrons. The summed E-state index contributed by atoms with van der Waals surface area (Å²) < 4.78 is 2.26. The van der Waals surface area contributed by atoms with Crippen LogP contribution in [0.4, 0.5) is 0 Å². The fourth-order valence-electron chi connectivity index (χ4n) is 3.70. The van der Waals surface area contributed by atoms with Gasteiger partial charge in [-0.15, -0.1) is 0 Å². The van der Waals surface area contributed by atoms with Crippen LogP contribution in [-0.4, -0.2) is 37.5 Å². The molecular formula is C18H23N5. The Morgan fingerprint density at radius 2 is 2.17 bits per heavy atom. The summed E-state index contributed by atoms with van der Waals surface area (Å²) in [6.07, 6.45) is 4.33. The van der Waals surface area contributed by atoms with E-state index in [9.17, 15) is 0 Å². The number of para-hydroxylation sites is 2. The summed E-state index contributed by atoms with van der Waals surface area (Å²) in [5.41, 5.74) is 3.45. The normalized spacial score (nSPS) is 19.5. The van der Waals surface area contributed by atoms with Gasteiger partial charge in [-0.1, -0.05) is 12.1 Å². The first-order valence-corrected chi connectivity index (χ1v) is 8.35. The molecule has 0 saturated carbocycles. The molecule has 0 spiro atoms. The van der Waals surface area contributed by atoms with E-state index < -0.39 is 0 Å². The molecule has 1 aliphatic heterocycles. The number of benzene rings is 1. The maximum absolute atomic E-state index is 4.89. The second-order valence-corrected chi connectivity index (χ2v) is 6.60. The zero-order chi connectivity index (χ0) is 15.8. The molecule has 1 atom stereocenters. The predicted octanol–water partition coefficient (Wildman–Crippen LogP) is 2.98. The molecule has 0 amide bonds. The van der Waals surface area contributed by atoms with E-state index in [1.165, 1.54) is 24.2 Å². The SMILES string of the molecule is Cc1cnc(CN2CCCC(c3nc4ccccc4n3C)C2)[nH]1. The molecule has 2 aromatic heterocycles. The van der Waals surface area contributed by atoms with E-state index in [-0.39, 0.29) is 0 Å². The third-order valence-electron chi connectivity index (χ3n) is 4.82. The van der Waals surface area contributed by atoms with E-state index in [4.69, 9.17) is 4.98 Å². The molecule has 1 aliphatic rings. The van der Waals surface area contributed by atoms with Crippen LogP contribution in [0, 0.1) is 6.92 Å². The summed E-state index contributed by atoms with van der Waals surface area (Å²) in [7, 11) is 2.14. The lowest BCUT2D eigenvalue weighted by molar-refractivity contribution is 0.191. The van der Waals surface area contributed by atoms with Crippen LogP contribution in [0.3, 0.4) is 0 Å². The third kappa shape index (κ3) is 2.77. The lowest BCUT2D eigenvalue weighted by atomic mass is 9.97. The first-order chi connectivity index (χ1) is 11.2. The Balaban J connectivity index is 1.55. The lowest BCUT2D eigenvalue weighted by Crippen LogP contribution is -2.35. The fourth-order valence-corrected chi connectivity index (χ4v) is 3.70. The van der Waals surface area contributed by atoms with Crippen molar-refractivity contribution in [3.63, 3.8) is 0 Å². The van der Waals surface area contributed by atoms with Crippen LogP contribution in [0.2, 0.25) is 0 Å². The van der Waals surface area contributed by atoms with Crippen LogP contribution in [0.25, 0.3) is 11.0 Å². The Bertz CT molecular complexity index is 816. The number of nitrogens with one attached hydrogen (secondary N) is 1. The second-order valence-electron chi connectivity index (χ2n) is 6.60. The minimum absolute atomic E-state index is 0.497. The molecule has 3 heterocycles. The van der Waals surface area contributed by atoms with Crippen molar-refractivity contribution in [3.8, 4) is 0 Å². The van der Waals surface area contributed by atoms with Crippen LogP contribution in [0.1, 0.15) is 36.1 Å². The highest BCUT2D eigenvalue weighted by molar-refractivity contribution is 5.75. The van der Waals surface area contributed by atoms with Gasteiger partial charge in [0.05, 0.1) is 17.6 Å². The number of hydrogen-bond acceptors (Lipinski definition) is 3. The number of fused-ring (bicyclic) bond motifs is 1. The lowest BCUT2D eigenvalue weighted by Gasteiger charge is -2.31. The van der Waals surface area contributed by atoms with E-state index in [1.807, 2.05) is 6.20 Å². The van der Waals surface area contributed by atoms with Gasteiger partial charge in [0.1, 0.15) is 11.6 Å². The molecule has 0 bridgehead atoms. The standard InChI is InChI=1S/C18H23N5/c1-13-10-19-17(20-13)12-23-9-5-6-14(11-23)18-21-15-7-3-4-8-16(15)22(18)2/h3-4,7-8,10,14H,5-6,9,11-12H2,1-2H3,(H,19,20). The Morgan fingerprint density at radius 1 is 1.30 bits per heavy atom. The molecule has 1 fully saturated rings. The van der Waals surface area contributed by atoms with Crippen LogP contribution >= 0.6 is 0 Å². The zero-order valence-corrected chi connectivity index (χ0v) is 13.8. The van der Waals surface area contributed by atoms with Crippen molar-refractivity contribution in [2.75, 3.05) is 13.1 Å². The van der Waals surface area contributed by atoms with E-state index in [2.05, 4.69) is 57.7 Å². The summed E-state index contributed by atoms with van der Waals surface area (Å²) in [6, 6.07) is 8.40. The van der Waals surface area contributed by atoms with E-state index in [1.54, 1.807) is 0 Å². The molecule has 120 valence electrons. The Morgan fingerprint density at radius 3 is 2.96 bits per heavy atom. The minimum Gasteiger partial charge on any atom is -0.345 e. The van der Waals surface area contributed by atoms with Crippen LogP contribution in [0.15, 0.2) is 30.5 Å². The molecule has 1 unspecified atom stereocenters. The largest absolute Gasteiger partial charge is 0.345 e. The second kappa shape index (κ2) is 5.81. The number of aryl methyl sites for hydroxylation is 2. The quantitative estimate of drug-likeness (QED) is 0.809. The molecule has 1 N–H and O–H groups in total. The number of aromatic nitrogens is 4. The van der Waals surface area contributed by atoms with Crippen molar-refractivity contribution in [2.24, 2.45) is 7.05 Å². The van der Waals surface area contributed by atoms with Crippen LogP contribution in [0.5, 0.6) is 0 Å². The highest BCUT2D eigenvalue weighted by atomic mass is 15.2. The molecule has 4 rings (SSSR count). The van der Waals surface area contributed by atoms with Gasteiger partial charge >= 0.3 is 0 Å². The first kappa shape index (κ1) is 14.5. The van der Waals surface area contributed by atoms with E-state index >= 15 is 0 Å². The molecule has 0 aliphatic carbocycles. The number of piperidine rings is 1. The molecule has 1 aromatic carbocycles. The maximum atomic E-state index is 4.89. The highest BCUT2D eigenvalue weighted by Gasteiger charge is 2.25. The summed E-state index contributed by atoms with van der Waals surface area (Å²) >= 11 is 0. The van der Waals surface area contributed by atoms with Gasteiger partial charge in [-0.05, 0) is 38.4 Å². The molecule has 23 heavy (non-hydrogen) atoms. The zero-order valence-electron chi connectivity index (χ0n) is 13.8. The topological polar surface area (TPSA) is 49.7 Å². The van der Waals surface area contributed by atoms with Crippen molar-refractivity contribution in [1.82, 2.24) is 24.4 Å². The van der Waals surface area contributed by atoms with Crippen molar-refractivity contribution >= 4 is 11.0 Å². The van der Waals surface area contributed by atoms with Crippen LogP contribution < -0.4 is 0 Å². The summed E-state index contributed by atoms with van der Waals surface area (Å²) in [5, 5.41) is 0. The predicted molar refractivity (Wildman–Crippen MR) is 91.3 cm³/mol. The molecule has 3 aromatic rings. The number of imidazole rings is 2.